The molecule has 0 atom stereocenters. The third-order valence-electron chi connectivity index (χ3n) is 5.47. The Hall–Kier alpha value is -3.17. The zero-order valence-corrected chi connectivity index (χ0v) is 18.4. The molecule has 32 heavy (non-hydrogen) atoms. The lowest BCUT2D eigenvalue weighted by Crippen LogP contribution is -2.31. The summed E-state index contributed by atoms with van der Waals surface area (Å²) < 4.78 is 11.4. The van der Waals surface area contributed by atoms with E-state index in [0.29, 0.717) is 10.5 Å². The van der Waals surface area contributed by atoms with Crippen LogP contribution in [-0.4, -0.2) is 21.2 Å². The Labute approximate surface area is 191 Å². The highest BCUT2D eigenvalue weighted by molar-refractivity contribution is 7.14. The number of thiazole rings is 1. The summed E-state index contributed by atoms with van der Waals surface area (Å²) in [5.74, 6) is 0. The van der Waals surface area contributed by atoms with Crippen LogP contribution in [0.2, 0.25) is 5.02 Å². The van der Waals surface area contributed by atoms with Crippen LogP contribution < -0.4 is 10.9 Å². The van der Waals surface area contributed by atoms with Gasteiger partial charge in [-0.2, -0.15) is 0 Å². The zero-order chi connectivity index (χ0) is 21.8. The van der Waals surface area contributed by atoms with E-state index in [9.17, 15) is 4.79 Å². The van der Waals surface area contributed by atoms with Gasteiger partial charge in [-0.3, -0.25) is 4.79 Å². The number of para-hydroxylation sites is 1. The van der Waals surface area contributed by atoms with Gasteiger partial charge in [-0.1, -0.05) is 29.8 Å². The molecular formula is C23H17ClN4O3S. The van der Waals surface area contributed by atoms with E-state index in [1.54, 1.807) is 6.20 Å². The molecular weight excluding hydrogens is 448 g/mol. The molecule has 1 fully saturated rings. The van der Waals surface area contributed by atoms with E-state index < -0.39 is 6.29 Å². The molecule has 1 aliphatic heterocycles. The number of hydrogen-bond donors (Lipinski definition) is 3. The second kappa shape index (κ2) is 7.46. The number of nitrogens with one attached hydrogen (secondary N) is 3. The van der Waals surface area contributed by atoms with Crippen molar-refractivity contribution in [3.05, 3.63) is 75.0 Å². The van der Waals surface area contributed by atoms with Crippen molar-refractivity contribution in [1.82, 2.24) is 15.0 Å². The number of aromatic amines is 2. The highest BCUT2D eigenvalue weighted by atomic mass is 35.5. The van der Waals surface area contributed by atoms with E-state index in [0.717, 1.165) is 43.9 Å². The Balaban J connectivity index is 1.43. The van der Waals surface area contributed by atoms with Gasteiger partial charge in [0.15, 0.2) is 17.7 Å². The molecule has 9 heteroatoms. The van der Waals surface area contributed by atoms with Crippen LogP contribution in [0.15, 0.2) is 58.8 Å². The maximum absolute atomic E-state index is 12.6. The van der Waals surface area contributed by atoms with Crippen molar-refractivity contribution < 1.29 is 9.47 Å². The number of fused-ring (bicyclic) bond motifs is 3. The summed E-state index contributed by atoms with van der Waals surface area (Å²) in [5.41, 5.74) is 4.43. The quantitative estimate of drug-likeness (QED) is 0.307. The van der Waals surface area contributed by atoms with Crippen LogP contribution in [0.1, 0.15) is 18.8 Å². The lowest BCUT2D eigenvalue weighted by atomic mass is 10.0. The van der Waals surface area contributed by atoms with Gasteiger partial charge in [-0.15, -0.1) is 11.3 Å². The zero-order valence-electron chi connectivity index (χ0n) is 16.8. The molecule has 0 aliphatic carbocycles. The number of nitrogens with zero attached hydrogens (tertiary/aromatic N) is 1. The summed E-state index contributed by atoms with van der Waals surface area (Å²) in [6, 6.07) is 13.4. The number of aromatic nitrogens is 3. The van der Waals surface area contributed by atoms with Crippen molar-refractivity contribution in [1.29, 1.82) is 0 Å². The third kappa shape index (κ3) is 3.20. The van der Waals surface area contributed by atoms with Gasteiger partial charge in [0.1, 0.15) is 5.52 Å². The Kier molecular flexibility index (Phi) is 4.55. The molecule has 0 spiro atoms. The third-order valence-corrected chi connectivity index (χ3v) is 6.56. The smallest absolute Gasteiger partial charge is 0.272 e. The predicted molar refractivity (Wildman–Crippen MR) is 127 cm³/mol. The average Bonchev–Trinajstić information content (AvgIpc) is 3.41. The number of hydrogen-bond acceptors (Lipinski definition) is 6. The number of benzene rings is 2. The monoisotopic (exact) mass is 464 g/mol. The minimum atomic E-state index is -0.488. The van der Waals surface area contributed by atoms with Gasteiger partial charge in [-0.05, 0) is 31.2 Å². The van der Waals surface area contributed by atoms with Crippen LogP contribution in [0.5, 0.6) is 0 Å². The molecule has 4 heterocycles. The van der Waals surface area contributed by atoms with Crippen molar-refractivity contribution in [2.75, 3.05) is 5.32 Å². The Bertz CT molecular complexity index is 1530. The standard InChI is InChI=1S/C23H17ClN4O3S/c1-11-30-22(31-11)14-9-25-20-19(14)13-8-12(6-7-16(13)26-21(20)29)18-10-32-23(28-18)27-17-5-3-2-4-15(17)24/h2-11,22,25H,1H3,(H,26,29)(H,27,28). The van der Waals surface area contributed by atoms with E-state index in [1.807, 2.05) is 54.8 Å². The van der Waals surface area contributed by atoms with Gasteiger partial charge in [0.25, 0.3) is 5.56 Å². The molecule has 0 bridgehead atoms. The molecule has 0 radical (unpaired) electrons. The first-order chi connectivity index (χ1) is 15.6. The molecule has 5 aromatic rings. The number of pyridine rings is 1. The first kappa shape index (κ1) is 19.5. The molecule has 0 amide bonds. The topological polar surface area (TPSA) is 92.0 Å². The molecule has 3 aromatic heterocycles. The summed E-state index contributed by atoms with van der Waals surface area (Å²) in [4.78, 5) is 23.3. The molecule has 7 nitrogen and oxygen atoms in total. The maximum Gasteiger partial charge on any atom is 0.272 e. The van der Waals surface area contributed by atoms with Crippen LogP contribution in [0.25, 0.3) is 33.1 Å². The van der Waals surface area contributed by atoms with E-state index in [2.05, 4.69) is 15.3 Å². The van der Waals surface area contributed by atoms with Crippen molar-refractivity contribution in [3.63, 3.8) is 0 Å². The highest BCUT2D eigenvalue weighted by Crippen LogP contribution is 2.38. The summed E-state index contributed by atoms with van der Waals surface area (Å²) in [5, 5.41) is 8.33. The SMILES string of the molecule is CC1OC(c2c[nH]c3c(=O)[nH]c4ccc(-c5csc(Nc6ccccc6Cl)n5)cc4c23)O1. The molecule has 160 valence electrons. The molecule has 3 N–H and O–H groups in total. The normalized spacial score (nSPS) is 18.2. The number of ether oxygens (including phenoxy) is 2. The van der Waals surface area contributed by atoms with E-state index in [-0.39, 0.29) is 11.8 Å². The van der Waals surface area contributed by atoms with Crippen molar-refractivity contribution in [3.8, 4) is 11.3 Å². The average molecular weight is 465 g/mol. The lowest BCUT2D eigenvalue weighted by Gasteiger charge is -2.33. The fraction of sp³-hybridized carbons (Fsp3) is 0.130. The molecule has 2 aromatic carbocycles. The van der Waals surface area contributed by atoms with Crippen molar-refractivity contribution in [2.45, 2.75) is 19.5 Å². The largest absolute Gasteiger partial charge is 0.356 e. The fourth-order valence-electron chi connectivity index (χ4n) is 3.94. The van der Waals surface area contributed by atoms with Crippen LogP contribution in [-0.2, 0) is 9.47 Å². The van der Waals surface area contributed by atoms with Crippen molar-refractivity contribution in [2.24, 2.45) is 0 Å². The highest BCUT2D eigenvalue weighted by Gasteiger charge is 2.31. The Morgan fingerprint density at radius 1 is 1.19 bits per heavy atom. The number of anilines is 2. The van der Waals surface area contributed by atoms with Gasteiger partial charge < -0.3 is 24.8 Å². The maximum atomic E-state index is 12.6. The van der Waals surface area contributed by atoms with Crippen LogP contribution >= 0.6 is 22.9 Å². The minimum absolute atomic E-state index is 0.182. The number of H-pyrrole nitrogens is 2. The first-order valence-electron chi connectivity index (χ1n) is 10.0. The van der Waals surface area contributed by atoms with Crippen LogP contribution in [0.3, 0.4) is 0 Å². The van der Waals surface area contributed by atoms with E-state index >= 15 is 0 Å². The van der Waals surface area contributed by atoms with Gasteiger partial charge in [0.05, 0.1) is 16.4 Å². The van der Waals surface area contributed by atoms with Gasteiger partial charge in [0.2, 0.25) is 0 Å². The van der Waals surface area contributed by atoms with Gasteiger partial charge in [0, 0.05) is 39.0 Å². The molecule has 1 aliphatic rings. The Morgan fingerprint density at radius 2 is 2.03 bits per heavy atom. The second-order valence-electron chi connectivity index (χ2n) is 7.52. The van der Waals surface area contributed by atoms with Crippen molar-refractivity contribution >= 4 is 55.6 Å². The molecule has 0 saturated carbocycles. The summed E-state index contributed by atoms with van der Waals surface area (Å²) in [6.45, 7) is 1.84. The van der Waals surface area contributed by atoms with Gasteiger partial charge in [-0.25, -0.2) is 4.98 Å². The van der Waals surface area contributed by atoms with Crippen LogP contribution in [0, 0.1) is 0 Å². The number of halogens is 1. The van der Waals surface area contributed by atoms with E-state index in [1.165, 1.54) is 11.3 Å². The van der Waals surface area contributed by atoms with Gasteiger partial charge >= 0.3 is 0 Å². The molecule has 1 saturated heterocycles. The second-order valence-corrected chi connectivity index (χ2v) is 8.79. The minimum Gasteiger partial charge on any atom is -0.356 e. The summed E-state index contributed by atoms with van der Waals surface area (Å²) >= 11 is 7.75. The van der Waals surface area contributed by atoms with E-state index in [4.69, 9.17) is 26.1 Å². The molecule has 6 rings (SSSR count). The first-order valence-corrected chi connectivity index (χ1v) is 11.3. The lowest BCUT2D eigenvalue weighted by molar-refractivity contribution is -0.382. The summed E-state index contributed by atoms with van der Waals surface area (Å²) in [7, 11) is 0. The fourth-order valence-corrected chi connectivity index (χ4v) is 4.86. The molecule has 0 unspecified atom stereocenters. The Morgan fingerprint density at radius 3 is 2.84 bits per heavy atom. The predicted octanol–water partition coefficient (Wildman–Crippen LogP) is 5.92. The summed E-state index contributed by atoms with van der Waals surface area (Å²) in [6.07, 6.45) is 1.03. The van der Waals surface area contributed by atoms with Crippen LogP contribution in [0.4, 0.5) is 10.8 Å². The number of rotatable bonds is 4.